The second-order valence-electron chi connectivity index (χ2n) is 2.67. The zero-order chi connectivity index (χ0) is 8.10. The Morgan fingerprint density at radius 3 is 3.09 bits per heavy atom. The fourth-order valence-corrected chi connectivity index (χ4v) is 1.39. The topological polar surface area (TPSA) is 32.6 Å². The number of rotatable bonds is 0. The van der Waals surface area contributed by atoms with Crippen LogP contribution >= 0.6 is 11.6 Å². The van der Waals surface area contributed by atoms with Crippen molar-refractivity contribution in [2.75, 3.05) is 0 Å². The molecule has 0 bridgehead atoms. The van der Waals surface area contributed by atoms with Crippen molar-refractivity contribution in [1.29, 1.82) is 0 Å². The summed E-state index contributed by atoms with van der Waals surface area (Å²) in [6.45, 7) is 0. The van der Waals surface area contributed by atoms with Gasteiger partial charge in [0.2, 0.25) is 0 Å². The van der Waals surface area contributed by atoms with Gasteiger partial charge in [0.1, 0.15) is 0 Å². The molecular weight excluding hydrogens is 162 g/mol. The molecule has 0 aliphatic heterocycles. The molecule has 2 nitrogen and oxygen atoms in total. The van der Waals surface area contributed by atoms with Gasteiger partial charge in [0.25, 0.3) is 0 Å². The Hall–Kier alpha value is -0.500. The van der Waals surface area contributed by atoms with E-state index in [4.69, 9.17) is 16.8 Å². The number of oxime groups is 1. The molecular formula is C8H12ClNO. The molecule has 1 rings (SSSR count). The quantitative estimate of drug-likeness (QED) is 0.260. The number of hydrogen-bond donors (Lipinski definition) is 1. The Balaban J connectivity index is 2.62. The summed E-state index contributed by atoms with van der Waals surface area (Å²) in [5.41, 5.74) is 0.683. The average molecular weight is 174 g/mol. The Bertz CT molecular complexity index is 177. The van der Waals surface area contributed by atoms with E-state index < -0.39 is 0 Å². The van der Waals surface area contributed by atoms with Crippen LogP contribution in [0, 0.1) is 0 Å². The van der Waals surface area contributed by atoms with Crippen LogP contribution in [0.25, 0.3) is 0 Å². The standard InChI is InChI=1S/C8H12ClNO/c9-7-5-3-1-2-4-6-8(7)10-11/h3,5,7,11H,1-2,4,6H2. The first-order valence-electron chi connectivity index (χ1n) is 3.86. The number of alkyl halides is 1. The summed E-state index contributed by atoms with van der Waals surface area (Å²) < 4.78 is 0. The second-order valence-corrected chi connectivity index (χ2v) is 3.14. The van der Waals surface area contributed by atoms with E-state index in [-0.39, 0.29) is 5.38 Å². The number of hydrogen-bond acceptors (Lipinski definition) is 2. The molecule has 0 spiro atoms. The minimum absolute atomic E-state index is 0.208. The Labute approximate surface area is 71.5 Å². The van der Waals surface area contributed by atoms with Crippen LogP contribution in [-0.2, 0) is 0 Å². The van der Waals surface area contributed by atoms with Crippen molar-refractivity contribution in [1.82, 2.24) is 0 Å². The molecule has 1 N–H and O–H groups in total. The molecule has 0 heterocycles. The van der Waals surface area contributed by atoms with Crippen LogP contribution in [0.1, 0.15) is 25.7 Å². The van der Waals surface area contributed by atoms with Crippen molar-refractivity contribution in [3.63, 3.8) is 0 Å². The van der Waals surface area contributed by atoms with Gasteiger partial charge < -0.3 is 5.21 Å². The summed E-state index contributed by atoms with van der Waals surface area (Å²) >= 11 is 5.88. The van der Waals surface area contributed by atoms with Gasteiger partial charge in [-0.15, -0.1) is 11.6 Å². The zero-order valence-corrected chi connectivity index (χ0v) is 7.09. The third kappa shape index (κ3) is 2.54. The van der Waals surface area contributed by atoms with Crippen LogP contribution in [0.15, 0.2) is 17.3 Å². The monoisotopic (exact) mass is 173 g/mol. The summed E-state index contributed by atoms with van der Waals surface area (Å²) in [6.07, 6.45) is 8.04. The number of nitrogens with zero attached hydrogens (tertiary/aromatic N) is 1. The van der Waals surface area contributed by atoms with Crippen LogP contribution in [0.3, 0.4) is 0 Å². The molecule has 0 aromatic rings. The van der Waals surface area contributed by atoms with Crippen molar-refractivity contribution in [3.8, 4) is 0 Å². The maximum Gasteiger partial charge on any atom is 0.0931 e. The van der Waals surface area contributed by atoms with Crippen LogP contribution in [-0.4, -0.2) is 16.3 Å². The summed E-state index contributed by atoms with van der Waals surface area (Å²) in [5, 5.41) is 11.5. The highest BCUT2D eigenvalue weighted by molar-refractivity contribution is 6.33. The summed E-state index contributed by atoms with van der Waals surface area (Å²) in [5.74, 6) is 0. The predicted octanol–water partition coefficient (Wildman–Crippen LogP) is 2.55. The first-order valence-corrected chi connectivity index (χ1v) is 4.30. The van der Waals surface area contributed by atoms with Gasteiger partial charge in [0, 0.05) is 0 Å². The molecule has 1 aliphatic carbocycles. The molecule has 1 aliphatic rings. The second kappa shape index (κ2) is 4.39. The molecule has 62 valence electrons. The lowest BCUT2D eigenvalue weighted by Crippen LogP contribution is -2.13. The van der Waals surface area contributed by atoms with Crippen molar-refractivity contribution in [2.45, 2.75) is 31.1 Å². The molecule has 11 heavy (non-hydrogen) atoms. The maximum atomic E-state index is 8.55. The van der Waals surface area contributed by atoms with Crippen LogP contribution in [0.5, 0.6) is 0 Å². The molecule has 0 aromatic heterocycles. The van der Waals surface area contributed by atoms with Gasteiger partial charge in [0.15, 0.2) is 0 Å². The lowest BCUT2D eigenvalue weighted by atomic mass is 10.0. The van der Waals surface area contributed by atoms with Gasteiger partial charge >= 0.3 is 0 Å². The number of allylic oxidation sites excluding steroid dienone is 2. The molecule has 0 fully saturated rings. The molecule has 0 radical (unpaired) electrons. The molecule has 3 heteroatoms. The van der Waals surface area contributed by atoms with E-state index in [1.54, 1.807) is 0 Å². The van der Waals surface area contributed by atoms with Gasteiger partial charge in [-0.1, -0.05) is 17.3 Å². The van der Waals surface area contributed by atoms with Crippen molar-refractivity contribution in [3.05, 3.63) is 12.2 Å². The molecule has 0 aromatic carbocycles. The number of halogens is 1. The zero-order valence-electron chi connectivity index (χ0n) is 6.33. The third-order valence-corrected chi connectivity index (χ3v) is 2.20. The maximum absolute atomic E-state index is 8.55. The summed E-state index contributed by atoms with van der Waals surface area (Å²) in [4.78, 5) is 0. The molecule has 0 amide bonds. The Morgan fingerprint density at radius 2 is 2.36 bits per heavy atom. The molecule has 1 atom stereocenters. The first-order chi connectivity index (χ1) is 5.34. The fourth-order valence-electron chi connectivity index (χ4n) is 1.14. The van der Waals surface area contributed by atoms with E-state index in [9.17, 15) is 0 Å². The van der Waals surface area contributed by atoms with Gasteiger partial charge in [-0.2, -0.15) is 0 Å². The van der Waals surface area contributed by atoms with Crippen LogP contribution in [0.4, 0.5) is 0 Å². The van der Waals surface area contributed by atoms with Gasteiger partial charge in [-0.3, -0.25) is 0 Å². The third-order valence-electron chi connectivity index (χ3n) is 1.81. The summed E-state index contributed by atoms with van der Waals surface area (Å²) in [6, 6.07) is 0. The van der Waals surface area contributed by atoms with E-state index >= 15 is 0 Å². The highest BCUT2D eigenvalue weighted by Gasteiger charge is 2.11. The first kappa shape index (κ1) is 8.60. The van der Waals surface area contributed by atoms with E-state index in [1.165, 1.54) is 0 Å². The van der Waals surface area contributed by atoms with Gasteiger partial charge in [-0.25, -0.2) is 0 Å². The van der Waals surface area contributed by atoms with Crippen molar-refractivity contribution >= 4 is 17.3 Å². The average Bonchev–Trinajstić information content (AvgIpc) is 1.98. The van der Waals surface area contributed by atoms with E-state index in [0.717, 1.165) is 25.7 Å². The van der Waals surface area contributed by atoms with E-state index in [2.05, 4.69) is 5.16 Å². The Morgan fingerprint density at radius 1 is 1.55 bits per heavy atom. The normalized spacial score (nSPS) is 29.9. The molecule has 0 saturated carbocycles. The SMILES string of the molecule is ON=C1CCCCC=CC1Cl. The largest absolute Gasteiger partial charge is 0.411 e. The highest BCUT2D eigenvalue weighted by atomic mass is 35.5. The lowest BCUT2D eigenvalue weighted by molar-refractivity contribution is 0.316. The van der Waals surface area contributed by atoms with Crippen molar-refractivity contribution < 1.29 is 5.21 Å². The highest BCUT2D eigenvalue weighted by Crippen LogP contribution is 2.13. The molecule has 0 saturated heterocycles. The lowest BCUT2D eigenvalue weighted by Gasteiger charge is -2.09. The Kier molecular flexibility index (Phi) is 3.43. The van der Waals surface area contributed by atoms with Crippen LogP contribution < -0.4 is 0 Å². The molecule has 1 unspecified atom stereocenters. The van der Waals surface area contributed by atoms with Crippen molar-refractivity contribution in [2.24, 2.45) is 5.16 Å². The minimum atomic E-state index is -0.208. The van der Waals surface area contributed by atoms with Gasteiger partial charge in [-0.05, 0) is 25.7 Å². The van der Waals surface area contributed by atoms with E-state index in [0.29, 0.717) is 5.71 Å². The minimum Gasteiger partial charge on any atom is -0.411 e. The summed E-state index contributed by atoms with van der Waals surface area (Å²) in [7, 11) is 0. The smallest absolute Gasteiger partial charge is 0.0931 e. The van der Waals surface area contributed by atoms with Gasteiger partial charge in [0.05, 0.1) is 11.1 Å². The predicted molar refractivity (Wildman–Crippen MR) is 46.5 cm³/mol. The fraction of sp³-hybridized carbons (Fsp3) is 0.625. The van der Waals surface area contributed by atoms with Crippen LogP contribution in [0.2, 0.25) is 0 Å². The van der Waals surface area contributed by atoms with E-state index in [1.807, 2.05) is 12.2 Å².